The lowest BCUT2D eigenvalue weighted by molar-refractivity contribution is -0.118. The largest absolute Gasteiger partial charge is 0.312 e. The van der Waals surface area contributed by atoms with Crippen LogP contribution >= 0.6 is 0 Å². The number of nitrogens with one attached hydrogen (secondary N) is 1. The van der Waals surface area contributed by atoms with E-state index in [2.05, 4.69) is 4.72 Å². The normalized spacial score (nSPS) is 14.3. The van der Waals surface area contributed by atoms with Crippen molar-refractivity contribution in [2.75, 3.05) is 16.2 Å². The Morgan fingerprint density at radius 3 is 2.56 bits per heavy atom. The number of carbonyl (C=O) groups is 1. The van der Waals surface area contributed by atoms with Crippen LogP contribution in [0.3, 0.4) is 0 Å². The second kappa shape index (κ2) is 7.27. The molecule has 0 spiro atoms. The average Bonchev–Trinajstić information content (AvgIpc) is 2.57. The molecule has 0 aromatic heterocycles. The summed E-state index contributed by atoms with van der Waals surface area (Å²) in [5.74, 6) is 0.0671. The molecule has 0 aliphatic carbocycles. The summed E-state index contributed by atoms with van der Waals surface area (Å²) in [5, 5.41) is 0. The number of sulfonamides is 1. The van der Waals surface area contributed by atoms with Crippen molar-refractivity contribution in [3.05, 3.63) is 59.7 Å². The summed E-state index contributed by atoms with van der Waals surface area (Å²) < 4.78 is 27.4. The molecule has 5 nitrogen and oxygen atoms in total. The van der Waals surface area contributed by atoms with Crippen molar-refractivity contribution >= 4 is 27.3 Å². The van der Waals surface area contributed by atoms with E-state index in [0.29, 0.717) is 25.1 Å². The Bertz CT molecular complexity index is 863. The predicted octanol–water partition coefficient (Wildman–Crippen LogP) is 3.32. The van der Waals surface area contributed by atoms with Crippen LogP contribution in [0.15, 0.2) is 48.5 Å². The number of hydrogen-bond donors (Lipinski definition) is 1. The summed E-state index contributed by atoms with van der Waals surface area (Å²) in [5.41, 5.74) is 3.19. The van der Waals surface area contributed by atoms with Crippen LogP contribution in [0.2, 0.25) is 0 Å². The third-order valence-electron chi connectivity index (χ3n) is 4.20. The van der Waals surface area contributed by atoms with Crippen molar-refractivity contribution in [2.24, 2.45) is 0 Å². The predicted molar refractivity (Wildman–Crippen MR) is 100 cm³/mol. The van der Waals surface area contributed by atoms with Gasteiger partial charge in [0.25, 0.3) is 0 Å². The van der Waals surface area contributed by atoms with Crippen LogP contribution in [0.25, 0.3) is 0 Å². The third kappa shape index (κ3) is 4.20. The molecule has 25 heavy (non-hydrogen) atoms. The van der Waals surface area contributed by atoms with Crippen molar-refractivity contribution in [3.63, 3.8) is 0 Å². The van der Waals surface area contributed by atoms with Crippen molar-refractivity contribution in [3.8, 4) is 0 Å². The van der Waals surface area contributed by atoms with Gasteiger partial charge < -0.3 is 4.90 Å². The zero-order valence-corrected chi connectivity index (χ0v) is 15.1. The molecule has 0 unspecified atom stereocenters. The van der Waals surface area contributed by atoms with Gasteiger partial charge in [-0.1, -0.05) is 37.3 Å². The Hall–Kier alpha value is -2.34. The molecule has 0 radical (unpaired) electrons. The van der Waals surface area contributed by atoms with E-state index < -0.39 is 10.0 Å². The van der Waals surface area contributed by atoms with Crippen molar-refractivity contribution in [1.29, 1.82) is 0 Å². The first-order chi connectivity index (χ1) is 12.0. The first-order valence-corrected chi connectivity index (χ1v) is 10.1. The van der Waals surface area contributed by atoms with Crippen LogP contribution in [0.4, 0.5) is 11.4 Å². The Balaban J connectivity index is 1.79. The molecule has 0 bridgehead atoms. The van der Waals surface area contributed by atoms with Gasteiger partial charge in [0.1, 0.15) is 0 Å². The molecule has 1 heterocycles. The Labute approximate surface area is 148 Å². The lowest BCUT2D eigenvalue weighted by atomic mass is 10.0. The van der Waals surface area contributed by atoms with Crippen LogP contribution in [0.1, 0.15) is 30.9 Å². The molecule has 3 rings (SSSR count). The molecule has 0 saturated heterocycles. The van der Waals surface area contributed by atoms with E-state index in [1.165, 1.54) is 0 Å². The Kier molecular flexibility index (Phi) is 5.08. The topological polar surface area (TPSA) is 66.5 Å². The van der Waals surface area contributed by atoms with Gasteiger partial charge in [-0.3, -0.25) is 9.52 Å². The van der Waals surface area contributed by atoms with Gasteiger partial charge in [-0.2, -0.15) is 0 Å². The minimum atomic E-state index is -3.48. The van der Waals surface area contributed by atoms with Gasteiger partial charge in [-0.05, 0) is 42.2 Å². The summed E-state index contributed by atoms with van der Waals surface area (Å²) >= 11 is 0. The molecule has 2 aromatic rings. The number of fused-ring (bicyclic) bond motifs is 1. The SMILES string of the molecule is CCCN1C(=O)CCc2cc(NS(=O)(=O)Cc3ccccc3)ccc21. The summed E-state index contributed by atoms with van der Waals surface area (Å²) in [6, 6.07) is 14.5. The first-order valence-electron chi connectivity index (χ1n) is 8.46. The maximum Gasteiger partial charge on any atom is 0.236 e. The van der Waals surface area contributed by atoms with E-state index in [4.69, 9.17) is 0 Å². The summed E-state index contributed by atoms with van der Waals surface area (Å²) in [7, 11) is -3.48. The number of aryl methyl sites for hydroxylation is 1. The smallest absolute Gasteiger partial charge is 0.236 e. The molecule has 0 saturated carbocycles. The van der Waals surface area contributed by atoms with Crippen LogP contribution < -0.4 is 9.62 Å². The van der Waals surface area contributed by atoms with E-state index >= 15 is 0 Å². The Morgan fingerprint density at radius 2 is 1.84 bits per heavy atom. The average molecular weight is 358 g/mol. The second-order valence-electron chi connectivity index (χ2n) is 6.24. The third-order valence-corrected chi connectivity index (χ3v) is 5.46. The molecule has 1 aliphatic rings. The highest BCUT2D eigenvalue weighted by Crippen LogP contribution is 2.31. The number of anilines is 2. The number of nitrogens with zero attached hydrogens (tertiary/aromatic N) is 1. The fourth-order valence-electron chi connectivity index (χ4n) is 3.10. The number of benzene rings is 2. The van der Waals surface area contributed by atoms with Crippen LogP contribution in [-0.2, 0) is 27.0 Å². The zero-order chi connectivity index (χ0) is 17.9. The van der Waals surface area contributed by atoms with Crippen LogP contribution in [0.5, 0.6) is 0 Å². The van der Waals surface area contributed by atoms with Crippen LogP contribution in [-0.4, -0.2) is 20.9 Å². The van der Waals surface area contributed by atoms with Gasteiger partial charge >= 0.3 is 0 Å². The first kappa shape index (κ1) is 17.5. The maximum atomic E-state index is 12.4. The summed E-state index contributed by atoms with van der Waals surface area (Å²) in [4.78, 5) is 13.9. The molecule has 1 amide bonds. The molecule has 6 heteroatoms. The highest BCUT2D eigenvalue weighted by molar-refractivity contribution is 7.91. The Morgan fingerprint density at radius 1 is 1.08 bits per heavy atom. The highest BCUT2D eigenvalue weighted by atomic mass is 32.2. The maximum absolute atomic E-state index is 12.4. The van der Waals surface area contributed by atoms with Gasteiger partial charge in [0.2, 0.25) is 15.9 Å². The fourth-order valence-corrected chi connectivity index (χ4v) is 4.29. The quantitative estimate of drug-likeness (QED) is 0.861. The molecular weight excluding hydrogens is 336 g/mol. The highest BCUT2D eigenvalue weighted by Gasteiger charge is 2.24. The molecule has 1 aliphatic heterocycles. The minimum absolute atomic E-state index is 0.0641. The number of rotatable bonds is 6. The van der Waals surface area contributed by atoms with E-state index in [1.54, 1.807) is 23.1 Å². The van der Waals surface area contributed by atoms with E-state index in [1.807, 2.05) is 37.3 Å². The van der Waals surface area contributed by atoms with E-state index in [0.717, 1.165) is 23.2 Å². The standard InChI is InChI=1S/C19H22N2O3S/c1-2-12-21-18-10-9-17(13-16(18)8-11-19(21)22)20-25(23,24)14-15-6-4-3-5-7-15/h3-7,9-10,13,20H,2,8,11-12,14H2,1H3. The summed E-state index contributed by atoms with van der Waals surface area (Å²) in [6.45, 7) is 2.72. The lowest BCUT2D eigenvalue weighted by Gasteiger charge is -2.29. The molecule has 0 fully saturated rings. The minimum Gasteiger partial charge on any atom is -0.312 e. The summed E-state index contributed by atoms with van der Waals surface area (Å²) in [6.07, 6.45) is 1.99. The van der Waals surface area contributed by atoms with Crippen molar-refractivity contribution < 1.29 is 13.2 Å². The van der Waals surface area contributed by atoms with E-state index in [9.17, 15) is 13.2 Å². The van der Waals surface area contributed by atoms with Gasteiger partial charge in [0.15, 0.2) is 0 Å². The molecular formula is C19H22N2O3S. The van der Waals surface area contributed by atoms with Crippen LogP contribution in [0, 0.1) is 0 Å². The molecule has 2 aromatic carbocycles. The van der Waals surface area contributed by atoms with E-state index in [-0.39, 0.29) is 11.7 Å². The zero-order valence-electron chi connectivity index (χ0n) is 14.2. The van der Waals surface area contributed by atoms with Gasteiger partial charge in [-0.25, -0.2) is 8.42 Å². The number of carbonyl (C=O) groups excluding carboxylic acids is 1. The number of hydrogen-bond acceptors (Lipinski definition) is 3. The van der Waals surface area contributed by atoms with Gasteiger partial charge in [0, 0.05) is 24.3 Å². The molecule has 1 N–H and O–H groups in total. The fraction of sp³-hybridized carbons (Fsp3) is 0.316. The molecule has 0 atom stereocenters. The molecule has 132 valence electrons. The van der Waals surface area contributed by atoms with Crippen molar-refractivity contribution in [1.82, 2.24) is 0 Å². The lowest BCUT2D eigenvalue weighted by Crippen LogP contribution is -2.35. The number of amides is 1. The van der Waals surface area contributed by atoms with Gasteiger partial charge in [0.05, 0.1) is 5.75 Å². The van der Waals surface area contributed by atoms with Gasteiger partial charge in [-0.15, -0.1) is 0 Å². The second-order valence-corrected chi connectivity index (χ2v) is 7.96. The monoisotopic (exact) mass is 358 g/mol. The van der Waals surface area contributed by atoms with Crippen molar-refractivity contribution in [2.45, 2.75) is 31.9 Å².